The first kappa shape index (κ1) is 14.0. The highest BCUT2D eigenvalue weighted by Gasteiger charge is 2.37. The third-order valence-electron chi connectivity index (χ3n) is 4.41. The average molecular weight is 266 g/mol. The molecule has 0 amide bonds. The molecule has 1 aliphatic rings. The van der Waals surface area contributed by atoms with E-state index in [0.717, 1.165) is 5.92 Å². The smallest absolute Gasteiger partial charge is 0.00579 e. The van der Waals surface area contributed by atoms with Crippen LogP contribution >= 0.6 is 11.3 Å². The Balaban J connectivity index is 1.83. The van der Waals surface area contributed by atoms with Crippen molar-refractivity contribution in [3.63, 3.8) is 0 Å². The fourth-order valence-corrected chi connectivity index (χ4v) is 3.64. The molecule has 1 aromatic rings. The lowest BCUT2D eigenvalue weighted by Crippen LogP contribution is -2.41. The van der Waals surface area contributed by atoms with Gasteiger partial charge in [-0.25, -0.2) is 0 Å². The average Bonchev–Trinajstić information content (AvgIpc) is 2.97. The minimum absolute atomic E-state index is 0.490. The Morgan fingerprint density at radius 2 is 2.33 bits per heavy atom. The maximum atomic E-state index is 3.54. The van der Waals surface area contributed by atoms with Crippen molar-refractivity contribution in [1.29, 1.82) is 0 Å². The molecule has 1 unspecified atom stereocenters. The maximum Gasteiger partial charge on any atom is 0.00579 e. The van der Waals surface area contributed by atoms with E-state index in [2.05, 4.69) is 48.6 Å². The number of thiophene rings is 1. The van der Waals surface area contributed by atoms with Crippen LogP contribution in [0.25, 0.3) is 0 Å². The Labute approximate surface area is 115 Å². The van der Waals surface area contributed by atoms with Crippen LogP contribution in [0.3, 0.4) is 0 Å². The lowest BCUT2D eigenvalue weighted by molar-refractivity contribution is 0.137. The summed E-state index contributed by atoms with van der Waals surface area (Å²) in [5.74, 6) is 0.761. The standard InChI is InChI=1S/C15H26N2S/c1-13(2)15(7-8-16-11-15)12-17(3)9-6-14-5-4-10-18-14/h4-5,10,13,16H,6-9,11-12H2,1-3H3. The largest absolute Gasteiger partial charge is 0.316 e. The highest BCUT2D eigenvalue weighted by Crippen LogP contribution is 2.34. The van der Waals surface area contributed by atoms with Crippen molar-refractivity contribution in [3.8, 4) is 0 Å². The molecule has 3 heteroatoms. The van der Waals surface area contributed by atoms with E-state index in [9.17, 15) is 0 Å². The van der Waals surface area contributed by atoms with Crippen molar-refractivity contribution in [2.24, 2.45) is 11.3 Å². The maximum absolute atomic E-state index is 3.54. The fourth-order valence-electron chi connectivity index (χ4n) is 2.95. The molecule has 0 aromatic carbocycles. The third kappa shape index (κ3) is 3.34. The summed E-state index contributed by atoms with van der Waals surface area (Å²) >= 11 is 1.87. The summed E-state index contributed by atoms with van der Waals surface area (Å²) in [4.78, 5) is 4.03. The molecule has 1 atom stereocenters. The van der Waals surface area contributed by atoms with E-state index in [1.54, 1.807) is 0 Å². The van der Waals surface area contributed by atoms with Gasteiger partial charge >= 0.3 is 0 Å². The Morgan fingerprint density at radius 1 is 1.50 bits per heavy atom. The van der Waals surface area contributed by atoms with Crippen LogP contribution in [0.5, 0.6) is 0 Å². The van der Waals surface area contributed by atoms with Crippen LogP contribution in [0.2, 0.25) is 0 Å². The van der Waals surface area contributed by atoms with Gasteiger partial charge < -0.3 is 10.2 Å². The van der Waals surface area contributed by atoms with E-state index in [1.807, 2.05) is 11.3 Å². The predicted octanol–water partition coefficient (Wildman–Crippen LogP) is 2.86. The third-order valence-corrected chi connectivity index (χ3v) is 5.34. The zero-order chi connectivity index (χ0) is 13.0. The van der Waals surface area contributed by atoms with Crippen LogP contribution in [0.1, 0.15) is 25.1 Å². The highest BCUT2D eigenvalue weighted by atomic mass is 32.1. The molecule has 1 saturated heterocycles. The second-order valence-corrected chi connectivity index (χ2v) is 7.04. The molecule has 2 heterocycles. The Morgan fingerprint density at radius 3 is 2.89 bits per heavy atom. The molecular weight excluding hydrogens is 240 g/mol. The topological polar surface area (TPSA) is 15.3 Å². The number of hydrogen-bond donors (Lipinski definition) is 1. The Bertz CT molecular complexity index is 339. The van der Waals surface area contributed by atoms with Crippen LogP contribution in [0.4, 0.5) is 0 Å². The number of likely N-dealkylation sites (N-methyl/N-ethyl adjacent to an activating group) is 1. The molecule has 0 aliphatic carbocycles. The van der Waals surface area contributed by atoms with Gasteiger partial charge in [-0.05, 0) is 49.2 Å². The van der Waals surface area contributed by atoms with Gasteiger partial charge in [0.05, 0.1) is 0 Å². The summed E-state index contributed by atoms with van der Waals surface area (Å²) in [6, 6.07) is 4.39. The Kier molecular flexibility index (Phi) is 4.82. The molecular formula is C15H26N2S. The van der Waals surface area contributed by atoms with Gasteiger partial charge in [0.25, 0.3) is 0 Å². The summed E-state index contributed by atoms with van der Waals surface area (Å²) in [6.07, 6.45) is 2.52. The first-order valence-electron chi connectivity index (χ1n) is 7.04. The van der Waals surface area contributed by atoms with Crippen molar-refractivity contribution < 1.29 is 0 Å². The molecule has 0 spiro atoms. The van der Waals surface area contributed by atoms with Gasteiger partial charge in [0.15, 0.2) is 0 Å². The minimum Gasteiger partial charge on any atom is -0.316 e. The van der Waals surface area contributed by atoms with Crippen LogP contribution in [-0.4, -0.2) is 38.1 Å². The SMILES string of the molecule is CC(C)C1(CN(C)CCc2cccs2)CCNC1. The van der Waals surface area contributed by atoms with Crippen molar-refractivity contribution >= 4 is 11.3 Å². The molecule has 18 heavy (non-hydrogen) atoms. The van der Waals surface area contributed by atoms with Crippen molar-refractivity contribution in [2.75, 3.05) is 33.2 Å². The quantitative estimate of drug-likeness (QED) is 0.852. The van der Waals surface area contributed by atoms with E-state index in [4.69, 9.17) is 0 Å². The van der Waals surface area contributed by atoms with E-state index >= 15 is 0 Å². The summed E-state index contributed by atoms with van der Waals surface area (Å²) in [7, 11) is 2.27. The summed E-state index contributed by atoms with van der Waals surface area (Å²) in [5.41, 5.74) is 0.490. The number of hydrogen-bond acceptors (Lipinski definition) is 3. The van der Waals surface area contributed by atoms with Crippen LogP contribution in [0.15, 0.2) is 17.5 Å². The van der Waals surface area contributed by atoms with Gasteiger partial charge in [0.2, 0.25) is 0 Å². The minimum atomic E-state index is 0.490. The molecule has 0 radical (unpaired) electrons. The van der Waals surface area contributed by atoms with E-state index in [0.29, 0.717) is 5.41 Å². The first-order valence-corrected chi connectivity index (χ1v) is 7.92. The van der Waals surface area contributed by atoms with Crippen LogP contribution < -0.4 is 5.32 Å². The molecule has 1 aliphatic heterocycles. The second kappa shape index (κ2) is 6.18. The van der Waals surface area contributed by atoms with Gasteiger partial charge in [0, 0.05) is 24.5 Å². The Hall–Kier alpha value is -0.380. The van der Waals surface area contributed by atoms with Crippen LogP contribution in [-0.2, 0) is 6.42 Å². The molecule has 1 N–H and O–H groups in total. The number of rotatable bonds is 6. The fraction of sp³-hybridized carbons (Fsp3) is 0.733. The summed E-state index contributed by atoms with van der Waals surface area (Å²) < 4.78 is 0. The lowest BCUT2D eigenvalue weighted by atomic mass is 9.76. The van der Waals surface area contributed by atoms with Gasteiger partial charge in [-0.3, -0.25) is 0 Å². The first-order chi connectivity index (χ1) is 8.62. The van der Waals surface area contributed by atoms with Gasteiger partial charge in [-0.1, -0.05) is 19.9 Å². The lowest BCUT2D eigenvalue weighted by Gasteiger charge is -2.36. The predicted molar refractivity (Wildman–Crippen MR) is 80.3 cm³/mol. The second-order valence-electron chi connectivity index (χ2n) is 6.01. The monoisotopic (exact) mass is 266 g/mol. The van der Waals surface area contributed by atoms with Crippen molar-refractivity contribution in [2.45, 2.75) is 26.7 Å². The molecule has 0 saturated carbocycles. The van der Waals surface area contributed by atoms with Gasteiger partial charge in [-0.2, -0.15) is 0 Å². The normalized spacial score (nSPS) is 24.3. The molecule has 102 valence electrons. The molecule has 1 fully saturated rings. The van der Waals surface area contributed by atoms with E-state index < -0.39 is 0 Å². The molecule has 0 bridgehead atoms. The van der Waals surface area contributed by atoms with E-state index in [1.165, 1.54) is 43.9 Å². The molecule has 2 nitrogen and oxygen atoms in total. The number of nitrogens with one attached hydrogen (secondary N) is 1. The van der Waals surface area contributed by atoms with Gasteiger partial charge in [0.1, 0.15) is 0 Å². The van der Waals surface area contributed by atoms with Crippen molar-refractivity contribution in [3.05, 3.63) is 22.4 Å². The molecule has 2 rings (SSSR count). The number of nitrogens with zero attached hydrogens (tertiary/aromatic N) is 1. The van der Waals surface area contributed by atoms with E-state index in [-0.39, 0.29) is 0 Å². The highest BCUT2D eigenvalue weighted by molar-refractivity contribution is 7.09. The van der Waals surface area contributed by atoms with Gasteiger partial charge in [-0.15, -0.1) is 11.3 Å². The molecule has 1 aromatic heterocycles. The summed E-state index contributed by atoms with van der Waals surface area (Å²) in [5, 5.41) is 5.72. The zero-order valence-electron chi connectivity index (χ0n) is 11.9. The van der Waals surface area contributed by atoms with Crippen LogP contribution in [0, 0.1) is 11.3 Å². The zero-order valence-corrected chi connectivity index (χ0v) is 12.7. The summed E-state index contributed by atoms with van der Waals surface area (Å²) in [6.45, 7) is 9.53. The van der Waals surface area contributed by atoms with Crippen molar-refractivity contribution in [1.82, 2.24) is 10.2 Å².